The van der Waals surface area contributed by atoms with Crippen molar-refractivity contribution in [2.75, 3.05) is 19.1 Å². The minimum Gasteiger partial charge on any atom is -0.330 e. The molecule has 0 spiro atoms. The highest BCUT2D eigenvalue weighted by Crippen LogP contribution is 2.45. The van der Waals surface area contributed by atoms with E-state index in [2.05, 4.69) is 6.07 Å². The molecular weight excluding hydrogens is 278 g/mol. The fourth-order valence-corrected chi connectivity index (χ4v) is 5.32. The third kappa shape index (κ3) is 2.69. The lowest BCUT2D eigenvalue weighted by Gasteiger charge is -2.30. The summed E-state index contributed by atoms with van der Waals surface area (Å²) in [6.07, 6.45) is 7.68. The molecule has 1 fully saturated rings. The van der Waals surface area contributed by atoms with E-state index in [0.29, 0.717) is 11.4 Å². The molecule has 0 amide bonds. The van der Waals surface area contributed by atoms with Gasteiger partial charge in [-0.1, -0.05) is 25.0 Å². The molecule has 0 unspecified atom stereocenters. The molecule has 2 rings (SSSR count). The lowest BCUT2D eigenvalue weighted by Crippen LogP contribution is -2.32. The first-order valence-electron chi connectivity index (χ1n) is 6.52. The zero-order valence-corrected chi connectivity index (χ0v) is 13.1. The van der Waals surface area contributed by atoms with Crippen LogP contribution in [0.5, 0.6) is 0 Å². The highest BCUT2D eigenvalue weighted by molar-refractivity contribution is 7.99. The minimum absolute atomic E-state index is 0.0287. The largest absolute Gasteiger partial charge is 0.330 e. The second kappa shape index (κ2) is 5.46. The van der Waals surface area contributed by atoms with Gasteiger partial charge >= 0.3 is 0 Å². The fraction of sp³-hybridized carbons (Fsp3) is 0.571. The lowest BCUT2D eigenvalue weighted by atomic mass is 9.79. The molecule has 5 heteroatoms. The van der Waals surface area contributed by atoms with Gasteiger partial charge in [-0.3, -0.25) is 0 Å². The Labute approximate surface area is 119 Å². The molecule has 0 aromatic heterocycles. The average Bonchev–Trinajstić information content (AvgIpc) is 2.86. The summed E-state index contributed by atoms with van der Waals surface area (Å²) in [5, 5.41) is 0. The summed E-state index contributed by atoms with van der Waals surface area (Å²) in [7, 11) is -3.19. The molecule has 1 aliphatic carbocycles. The van der Waals surface area contributed by atoms with Crippen LogP contribution >= 0.6 is 11.8 Å². The normalized spacial score (nSPS) is 18.7. The number of rotatable bonds is 4. The van der Waals surface area contributed by atoms with Crippen molar-refractivity contribution in [3.05, 3.63) is 23.8 Å². The summed E-state index contributed by atoms with van der Waals surface area (Å²) >= 11 is 1.51. The number of nitrogens with two attached hydrogens (primary N) is 1. The molecule has 0 radical (unpaired) electrons. The van der Waals surface area contributed by atoms with Crippen LogP contribution in [0.4, 0.5) is 0 Å². The van der Waals surface area contributed by atoms with Crippen molar-refractivity contribution < 1.29 is 8.42 Å². The van der Waals surface area contributed by atoms with E-state index in [0.717, 1.165) is 23.3 Å². The Morgan fingerprint density at radius 3 is 2.42 bits per heavy atom. The molecule has 0 heterocycles. The topological polar surface area (TPSA) is 60.2 Å². The molecular formula is C14H21NO2S2. The van der Waals surface area contributed by atoms with Crippen molar-refractivity contribution in [1.82, 2.24) is 0 Å². The maximum absolute atomic E-state index is 11.9. The van der Waals surface area contributed by atoms with Crippen LogP contribution in [-0.2, 0) is 15.3 Å². The van der Waals surface area contributed by atoms with Crippen LogP contribution < -0.4 is 5.73 Å². The van der Waals surface area contributed by atoms with Gasteiger partial charge in [0.25, 0.3) is 0 Å². The minimum atomic E-state index is -3.19. The Bertz CT molecular complexity index is 561. The first kappa shape index (κ1) is 14.9. The van der Waals surface area contributed by atoms with Crippen LogP contribution in [0.25, 0.3) is 0 Å². The van der Waals surface area contributed by atoms with Crippen LogP contribution in [0.2, 0.25) is 0 Å². The van der Waals surface area contributed by atoms with Crippen molar-refractivity contribution in [2.24, 2.45) is 5.73 Å². The third-order valence-electron chi connectivity index (χ3n) is 4.11. The van der Waals surface area contributed by atoms with Crippen LogP contribution in [-0.4, -0.2) is 27.5 Å². The molecule has 1 aromatic carbocycles. The van der Waals surface area contributed by atoms with Gasteiger partial charge in [0.15, 0.2) is 9.84 Å². The Morgan fingerprint density at radius 2 is 1.95 bits per heavy atom. The van der Waals surface area contributed by atoms with Crippen molar-refractivity contribution >= 4 is 21.6 Å². The van der Waals surface area contributed by atoms with Crippen LogP contribution in [0.15, 0.2) is 28.0 Å². The van der Waals surface area contributed by atoms with Gasteiger partial charge in [0.1, 0.15) is 0 Å². The van der Waals surface area contributed by atoms with Crippen molar-refractivity contribution in [1.29, 1.82) is 0 Å². The SMILES string of the molecule is CSc1c(C2(CN)CCCC2)cccc1S(C)(=O)=O. The molecule has 0 aliphatic heterocycles. The molecule has 0 bridgehead atoms. The number of thioether (sulfide) groups is 1. The molecule has 0 atom stereocenters. The smallest absolute Gasteiger partial charge is 0.176 e. The van der Waals surface area contributed by atoms with E-state index in [-0.39, 0.29) is 5.41 Å². The van der Waals surface area contributed by atoms with Crippen LogP contribution in [0.1, 0.15) is 31.2 Å². The van der Waals surface area contributed by atoms with Gasteiger partial charge in [-0.15, -0.1) is 11.8 Å². The quantitative estimate of drug-likeness (QED) is 0.868. The number of hydrogen-bond acceptors (Lipinski definition) is 4. The van der Waals surface area contributed by atoms with Crippen LogP contribution in [0.3, 0.4) is 0 Å². The molecule has 106 valence electrons. The van der Waals surface area contributed by atoms with Gasteiger partial charge in [0, 0.05) is 23.1 Å². The van der Waals surface area contributed by atoms with Gasteiger partial charge in [0.2, 0.25) is 0 Å². The zero-order chi connectivity index (χ0) is 14.1. The molecule has 1 saturated carbocycles. The van der Waals surface area contributed by atoms with E-state index in [4.69, 9.17) is 5.73 Å². The number of benzene rings is 1. The first-order valence-corrected chi connectivity index (χ1v) is 9.64. The highest BCUT2D eigenvalue weighted by Gasteiger charge is 2.37. The summed E-state index contributed by atoms with van der Waals surface area (Å²) in [5.41, 5.74) is 7.12. The molecule has 0 saturated heterocycles. The Morgan fingerprint density at radius 1 is 1.32 bits per heavy atom. The fourth-order valence-electron chi connectivity index (χ4n) is 3.07. The Kier molecular flexibility index (Phi) is 4.28. The monoisotopic (exact) mass is 299 g/mol. The van der Waals surface area contributed by atoms with E-state index in [1.54, 1.807) is 6.07 Å². The maximum Gasteiger partial charge on any atom is 0.176 e. The van der Waals surface area contributed by atoms with E-state index >= 15 is 0 Å². The van der Waals surface area contributed by atoms with Crippen LogP contribution in [0, 0.1) is 0 Å². The predicted molar refractivity (Wildman–Crippen MR) is 80.5 cm³/mol. The van der Waals surface area contributed by atoms with E-state index in [9.17, 15) is 8.42 Å². The van der Waals surface area contributed by atoms with E-state index < -0.39 is 9.84 Å². The summed E-state index contributed by atoms with van der Waals surface area (Å²) < 4.78 is 23.9. The third-order valence-corrected chi connectivity index (χ3v) is 6.22. The van der Waals surface area contributed by atoms with Gasteiger partial charge in [-0.05, 0) is 30.7 Å². The average molecular weight is 299 g/mol. The number of hydrogen-bond donors (Lipinski definition) is 1. The van der Waals surface area contributed by atoms with Crippen molar-refractivity contribution in [2.45, 2.75) is 40.9 Å². The zero-order valence-electron chi connectivity index (χ0n) is 11.5. The molecule has 1 aromatic rings. The molecule has 3 nitrogen and oxygen atoms in total. The summed E-state index contributed by atoms with van der Waals surface area (Å²) in [6.45, 7) is 0.591. The molecule has 1 aliphatic rings. The second-order valence-corrected chi connectivity index (χ2v) is 8.10. The van der Waals surface area contributed by atoms with Gasteiger partial charge in [0.05, 0.1) is 4.90 Å². The van der Waals surface area contributed by atoms with Gasteiger partial charge < -0.3 is 5.73 Å². The van der Waals surface area contributed by atoms with Gasteiger partial charge in [-0.2, -0.15) is 0 Å². The summed E-state index contributed by atoms with van der Waals surface area (Å²) in [4.78, 5) is 1.33. The Balaban J connectivity index is 2.64. The predicted octanol–water partition coefficient (Wildman–Crippen LogP) is 2.58. The van der Waals surface area contributed by atoms with Crippen molar-refractivity contribution in [3.63, 3.8) is 0 Å². The first-order chi connectivity index (χ1) is 8.94. The van der Waals surface area contributed by atoms with E-state index in [1.807, 2.05) is 12.3 Å². The Hall–Kier alpha value is -0.520. The second-order valence-electron chi connectivity index (χ2n) is 5.30. The van der Waals surface area contributed by atoms with Crippen molar-refractivity contribution in [3.8, 4) is 0 Å². The molecule has 19 heavy (non-hydrogen) atoms. The maximum atomic E-state index is 11.9. The summed E-state index contributed by atoms with van der Waals surface area (Å²) in [6, 6.07) is 5.60. The highest BCUT2D eigenvalue weighted by atomic mass is 32.2. The van der Waals surface area contributed by atoms with Gasteiger partial charge in [-0.25, -0.2) is 8.42 Å². The van der Waals surface area contributed by atoms with E-state index in [1.165, 1.54) is 30.9 Å². The number of sulfone groups is 1. The molecule has 2 N–H and O–H groups in total. The summed E-state index contributed by atoms with van der Waals surface area (Å²) in [5.74, 6) is 0. The standard InChI is InChI=1S/C14H21NO2S2/c1-18-13-11(14(10-15)8-3-4-9-14)6-5-7-12(13)19(2,16)17/h5-7H,3-4,8-10,15H2,1-2H3. The lowest BCUT2D eigenvalue weighted by molar-refractivity contribution is 0.443.